The van der Waals surface area contributed by atoms with Crippen LogP contribution in [-0.2, 0) is 11.8 Å². The van der Waals surface area contributed by atoms with Crippen molar-refractivity contribution in [2.75, 3.05) is 7.05 Å². The molecule has 0 amide bonds. The lowest BCUT2D eigenvalue weighted by molar-refractivity contribution is -0.238. The summed E-state index contributed by atoms with van der Waals surface area (Å²) in [5.74, 6) is 0.951. The monoisotopic (exact) mass is 421 g/mol. The molecule has 0 radical (unpaired) electrons. The third-order valence-corrected chi connectivity index (χ3v) is 12.7. The second-order valence-corrected chi connectivity index (χ2v) is 14.0. The van der Waals surface area contributed by atoms with Crippen molar-refractivity contribution in [2.45, 2.75) is 110 Å². The summed E-state index contributed by atoms with van der Waals surface area (Å²) in [6, 6.07) is 5.54. The van der Waals surface area contributed by atoms with Gasteiger partial charge in [0.2, 0.25) is 0 Å². The Labute approximate surface area is 189 Å². The first-order valence-corrected chi connectivity index (χ1v) is 12.8. The molecule has 0 aromatic heterocycles. The third kappa shape index (κ3) is 1.87. The molecule has 4 bridgehead atoms. The lowest BCUT2D eigenvalue weighted by Crippen LogP contribution is -2.71. The van der Waals surface area contributed by atoms with E-state index in [2.05, 4.69) is 79.5 Å². The van der Waals surface area contributed by atoms with Crippen molar-refractivity contribution in [3.63, 3.8) is 0 Å². The molecule has 4 saturated carbocycles. The van der Waals surface area contributed by atoms with Gasteiger partial charge in [-0.15, -0.1) is 0 Å². The number of aliphatic hydroxyl groups is 1. The Hall–Kier alpha value is -0.860. The van der Waals surface area contributed by atoms with Crippen LogP contribution >= 0.6 is 0 Å². The number of hydrogen-bond donors (Lipinski definition) is 1. The Morgan fingerprint density at radius 3 is 2.42 bits per heavy atom. The summed E-state index contributed by atoms with van der Waals surface area (Å²) in [6.45, 7) is 18.8. The van der Waals surface area contributed by atoms with Gasteiger partial charge in [0.25, 0.3) is 0 Å². The van der Waals surface area contributed by atoms with Gasteiger partial charge in [-0.1, -0.05) is 46.8 Å². The van der Waals surface area contributed by atoms with E-state index in [-0.39, 0.29) is 16.2 Å². The maximum absolute atomic E-state index is 12.1. The van der Waals surface area contributed by atoms with E-state index in [1.807, 2.05) is 0 Å². The SMILES string of the molecule is Cc1ccc2c(c1C)[C@]13CC4(C2)[C@@H]([N@]4C)C12CCC(C)(C(C(C)(O)C(C)(C)C)C2)C3C. The average Bonchev–Trinajstić information content (AvgIpc) is 3.15. The predicted molar refractivity (Wildman–Crippen MR) is 127 cm³/mol. The van der Waals surface area contributed by atoms with Crippen LogP contribution in [0.2, 0.25) is 0 Å². The molecular formula is C29H43NO. The summed E-state index contributed by atoms with van der Waals surface area (Å²) in [4.78, 5) is 2.76. The van der Waals surface area contributed by atoms with E-state index in [1.165, 1.54) is 37.7 Å². The fourth-order valence-corrected chi connectivity index (χ4v) is 10.4. The van der Waals surface area contributed by atoms with Gasteiger partial charge in [-0.25, -0.2) is 0 Å². The summed E-state index contributed by atoms with van der Waals surface area (Å²) < 4.78 is 0. The Kier molecular flexibility index (Phi) is 3.53. The molecule has 170 valence electrons. The molecule has 6 aliphatic rings. The van der Waals surface area contributed by atoms with Gasteiger partial charge < -0.3 is 5.11 Å². The summed E-state index contributed by atoms with van der Waals surface area (Å²) in [7, 11) is 2.40. The van der Waals surface area contributed by atoms with E-state index < -0.39 is 5.60 Å². The minimum atomic E-state index is -0.660. The maximum atomic E-state index is 12.1. The van der Waals surface area contributed by atoms with Crippen molar-refractivity contribution >= 4 is 0 Å². The van der Waals surface area contributed by atoms with Gasteiger partial charge in [0.15, 0.2) is 0 Å². The van der Waals surface area contributed by atoms with Gasteiger partial charge in [0.05, 0.1) is 5.60 Å². The minimum absolute atomic E-state index is 0.118. The van der Waals surface area contributed by atoms with E-state index in [1.54, 1.807) is 16.7 Å². The van der Waals surface area contributed by atoms with Crippen LogP contribution in [0.4, 0.5) is 0 Å². The van der Waals surface area contributed by atoms with E-state index in [9.17, 15) is 5.11 Å². The van der Waals surface area contributed by atoms with E-state index in [0.717, 1.165) is 0 Å². The first kappa shape index (κ1) is 20.7. The molecule has 1 heterocycles. The molecule has 1 aromatic carbocycles. The summed E-state index contributed by atoms with van der Waals surface area (Å²) in [5, 5.41) is 12.1. The van der Waals surface area contributed by atoms with E-state index in [4.69, 9.17) is 0 Å². The van der Waals surface area contributed by atoms with Gasteiger partial charge in [-0.05, 0) is 110 Å². The molecule has 1 N–H and O–H groups in total. The molecule has 1 aliphatic heterocycles. The number of hydrogen-bond acceptors (Lipinski definition) is 2. The van der Waals surface area contributed by atoms with Crippen LogP contribution in [0.3, 0.4) is 0 Å². The first-order valence-electron chi connectivity index (χ1n) is 12.8. The quantitative estimate of drug-likeness (QED) is 0.580. The molecule has 6 unspecified atom stereocenters. The molecule has 1 saturated heterocycles. The number of likely N-dealkylation sites (tertiary alicyclic amines) is 1. The van der Waals surface area contributed by atoms with Crippen LogP contribution in [0.5, 0.6) is 0 Å². The molecule has 5 aliphatic carbocycles. The van der Waals surface area contributed by atoms with Crippen molar-refractivity contribution in [3.8, 4) is 0 Å². The summed E-state index contributed by atoms with van der Waals surface area (Å²) >= 11 is 0. The van der Waals surface area contributed by atoms with Crippen LogP contribution < -0.4 is 0 Å². The van der Waals surface area contributed by atoms with Crippen LogP contribution in [0.15, 0.2) is 12.1 Å². The predicted octanol–water partition coefficient (Wildman–Crippen LogP) is 5.79. The second kappa shape index (κ2) is 5.27. The second-order valence-electron chi connectivity index (χ2n) is 14.0. The van der Waals surface area contributed by atoms with Crippen LogP contribution in [0.25, 0.3) is 0 Å². The van der Waals surface area contributed by atoms with Gasteiger partial charge >= 0.3 is 0 Å². The van der Waals surface area contributed by atoms with Crippen LogP contribution in [0.1, 0.15) is 89.5 Å². The van der Waals surface area contributed by atoms with Gasteiger partial charge in [0, 0.05) is 17.0 Å². The highest BCUT2D eigenvalue weighted by Gasteiger charge is 2.88. The van der Waals surface area contributed by atoms with Crippen molar-refractivity contribution in [2.24, 2.45) is 28.1 Å². The highest BCUT2D eigenvalue weighted by molar-refractivity contribution is 5.59. The van der Waals surface area contributed by atoms with Crippen LogP contribution in [-0.4, -0.2) is 34.2 Å². The summed E-state index contributed by atoms with van der Waals surface area (Å²) in [5.41, 5.74) is 6.78. The minimum Gasteiger partial charge on any atom is -0.389 e. The maximum Gasteiger partial charge on any atom is 0.0701 e. The Bertz CT molecular complexity index is 1000. The zero-order valence-corrected chi connectivity index (χ0v) is 21.3. The molecule has 7 rings (SSSR count). The molecular weight excluding hydrogens is 378 g/mol. The number of nitrogens with zero attached hydrogens (tertiary/aromatic N) is 1. The molecule has 31 heavy (non-hydrogen) atoms. The van der Waals surface area contributed by atoms with E-state index in [0.29, 0.717) is 28.8 Å². The summed E-state index contributed by atoms with van der Waals surface area (Å²) in [6.07, 6.45) is 6.39. The van der Waals surface area contributed by atoms with Crippen LogP contribution in [0, 0.1) is 41.9 Å². The number of aryl methyl sites for hydroxylation is 1. The van der Waals surface area contributed by atoms with Crippen molar-refractivity contribution in [3.05, 3.63) is 34.4 Å². The third-order valence-electron chi connectivity index (χ3n) is 12.7. The Morgan fingerprint density at radius 2 is 1.77 bits per heavy atom. The number of piperidine rings is 1. The smallest absolute Gasteiger partial charge is 0.0701 e. The Morgan fingerprint density at radius 1 is 1.10 bits per heavy atom. The molecule has 2 nitrogen and oxygen atoms in total. The number of fused-ring (bicyclic) bond motifs is 3. The van der Waals surface area contributed by atoms with Gasteiger partial charge in [-0.3, -0.25) is 4.90 Å². The molecule has 3 spiro atoms. The van der Waals surface area contributed by atoms with E-state index >= 15 is 0 Å². The zero-order chi connectivity index (χ0) is 22.6. The molecule has 9 atom stereocenters. The largest absolute Gasteiger partial charge is 0.389 e. The fourth-order valence-electron chi connectivity index (χ4n) is 10.4. The molecule has 1 aromatic rings. The van der Waals surface area contributed by atoms with Gasteiger partial charge in [-0.2, -0.15) is 0 Å². The topological polar surface area (TPSA) is 23.2 Å². The normalized spacial score (nSPS) is 51.0. The zero-order valence-electron chi connectivity index (χ0n) is 21.3. The number of rotatable bonds is 1. The highest BCUT2D eigenvalue weighted by Crippen LogP contribution is 2.85. The Balaban J connectivity index is 1.63. The standard InChI is InChI=1S/C29H43NO/c1-17-10-11-20-14-28-16-29(22(20)18(17)2)19(3)25(7)12-13-27(29,23(28)30(28)9)15-21(25)26(8,31)24(4,5)6/h10-11,19,21,23,31H,12-16H2,1-9H3/t19?,21?,23-,25?,26?,27?,28?,29+,30-/m0/s1. The van der Waals surface area contributed by atoms with Crippen molar-refractivity contribution in [1.29, 1.82) is 0 Å². The fraction of sp³-hybridized carbons (Fsp3) is 0.793. The molecule has 2 heteroatoms. The highest BCUT2D eigenvalue weighted by atomic mass is 16.3. The number of benzene rings is 1. The molecule has 5 fully saturated rings. The average molecular weight is 422 g/mol. The first-order chi connectivity index (χ1) is 14.2. The van der Waals surface area contributed by atoms with Crippen molar-refractivity contribution in [1.82, 2.24) is 4.90 Å². The lowest BCUT2D eigenvalue weighted by atomic mass is 9.32. The van der Waals surface area contributed by atoms with Crippen molar-refractivity contribution < 1.29 is 5.11 Å². The number of likely N-dealkylation sites (N-methyl/N-ethyl adjacent to an activating group) is 1. The lowest BCUT2D eigenvalue weighted by Gasteiger charge is -2.73. The van der Waals surface area contributed by atoms with Gasteiger partial charge in [0.1, 0.15) is 0 Å².